The van der Waals surface area contributed by atoms with E-state index in [-0.39, 0.29) is 11.7 Å². The summed E-state index contributed by atoms with van der Waals surface area (Å²) < 4.78 is 19.7. The second kappa shape index (κ2) is 5.99. The third-order valence-corrected chi connectivity index (χ3v) is 3.69. The monoisotopic (exact) mass is 340 g/mol. The third-order valence-electron chi connectivity index (χ3n) is 3.20. The van der Waals surface area contributed by atoms with E-state index in [2.05, 4.69) is 36.3 Å². The van der Waals surface area contributed by atoms with Crippen molar-refractivity contribution in [1.29, 1.82) is 0 Å². The van der Waals surface area contributed by atoms with Gasteiger partial charge in [0.1, 0.15) is 5.82 Å². The largest absolute Gasteiger partial charge is 0.334 e. The lowest BCUT2D eigenvalue weighted by Gasteiger charge is -2.25. The molecule has 0 saturated carbocycles. The molecule has 2 aromatic rings. The molecule has 0 bridgehead atoms. The van der Waals surface area contributed by atoms with Crippen LogP contribution in [-0.2, 0) is 6.54 Å². The maximum atomic E-state index is 13.8. The quantitative estimate of drug-likeness (QED) is 0.926. The molecule has 0 spiro atoms. The number of rotatable bonds is 3. The number of hydrogen-bond donors (Lipinski definition) is 1. The lowest BCUT2D eigenvalue weighted by atomic mass is 10.2. The van der Waals surface area contributed by atoms with Crippen LogP contribution in [0, 0.1) is 5.82 Å². The Kier molecular flexibility index (Phi) is 4.09. The summed E-state index contributed by atoms with van der Waals surface area (Å²) in [6.07, 6.45) is 0. The molecule has 0 amide bonds. The van der Waals surface area contributed by atoms with E-state index >= 15 is 0 Å². The van der Waals surface area contributed by atoms with Crippen molar-refractivity contribution in [3.63, 3.8) is 0 Å². The Morgan fingerprint density at radius 2 is 2.15 bits per heavy atom. The molecule has 1 aliphatic heterocycles. The van der Waals surface area contributed by atoms with Crippen LogP contribution in [0.15, 0.2) is 27.2 Å². The minimum atomic E-state index is -0.370. The highest BCUT2D eigenvalue weighted by Gasteiger charge is 2.17. The van der Waals surface area contributed by atoms with Gasteiger partial charge < -0.3 is 9.84 Å². The highest BCUT2D eigenvalue weighted by molar-refractivity contribution is 9.10. The summed E-state index contributed by atoms with van der Waals surface area (Å²) >= 11 is 3.31. The standard InChI is InChI=1S/C13H14BrFN4O/c14-9-1-2-11(15)10(7-9)13-17-12(18-20-13)8-19-5-3-16-4-6-19/h1-2,7,16H,3-6,8H2. The van der Waals surface area contributed by atoms with Crippen LogP contribution in [0.25, 0.3) is 11.5 Å². The number of nitrogens with zero attached hydrogens (tertiary/aromatic N) is 3. The van der Waals surface area contributed by atoms with Gasteiger partial charge in [-0.05, 0) is 18.2 Å². The Morgan fingerprint density at radius 3 is 2.95 bits per heavy atom. The minimum Gasteiger partial charge on any atom is -0.334 e. The molecule has 1 fully saturated rings. The van der Waals surface area contributed by atoms with E-state index in [4.69, 9.17) is 4.52 Å². The zero-order valence-electron chi connectivity index (χ0n) is 10.8. The molecule has 0 atom stereocenters. The Hall–Kier alpha value is -1.31. The van der Waals surface area contributed by atoms with E-state index in [9.17, 15) is 4.39 Å². The van der Waals surface area contributed by atoms with Gasteiger partial charge in [-0.15, -0.1) is 0 Å². The van der Waals surface area contributed by atoms with Gasteiger partial charge in [0, 0.05) is 30.7 Å². The molecule has 106 valence electrons. The van der Waals surface area contributed by atoms with E-state index in [1.165, 1.54) is 6.07 Å². The fraction of sp³-hybridized carbons (Fsp3) is 0.385. The zero-order valence-corrected chi connectivity index (χ0v) is 12.4. The van der Waals surface area contributed by atoms with Crippen LogP contribution in [0.3, 0.4) is 0 Å². The first-order valence-corrected chi connectivity index (χ1v) is 7.23. The van der Waals surface area contributed by atoms with Gasteiger partial charge in [0.15, 0.2) is 5.82 Å². The first kappa shape index (κ1) is 13.7. The third kappa shape index (κ3) is 3.05. The molecule has 0 aliphatic carbocycles. The normalized spacial score (nSPS) is 16.5. The average Bonchev–Trinajstić information content (AvgIpc) is 2.91. The van der Waals surface area contributed by atoms with Crippen molar-refractivity contribution in [3.8, 4) is 11.5 Å². The maximum Gasteiger partial charge on any atom is 0.260 e. The molecule has 7 heteroatoms. The molecule has 5 nitrogen and oxygen atoms in total. The highest BCUT2D eigenvalue weighted by Crippen LogP contribution is 2.25. The van der Waals surface area contributed by atoms with Gasteiger partial charge in [-0.1, -0.05) is 21.1 Å². The number of nitrogens with one attached hydrogen (secondary N) is 1. The van der Waals surface area contributed by atoms with Crippen LogP contribution >= 0.6 is 15.9 Å². The second-order valence-corrected chi connectivity index (χ2v) is 5.58. The van der Waals surface area contributed by atoms with Crippen LogP contribution in [0.1, 0.15) is 5.82 Å². The van der Waals surface area contributed by atoms with Gasteiger partial charge >= 0.3 is 0 Å². The Labute approximate surface area is 124 Å². The molecule has 1 saturated heterocycles. The Bertz CT molecular complexity index is 598. The van der Waals surface area contributed by atoms with E-state index in [1.807, 2.05) is 0 Å². The summed E-state index contributed by atoms with van der Waals surface area (Å²) in [4.78, 5) is 6.51. The molecule has 1 aromatic carbocycles. The number of piperazine rings is 1. The Balaban J connectivity index is 1.77. The molecule has 1 aromatic heterocycles. The molecule has 0 radical (unpaired) electrons. The molecule has 20 heavy (non-hydrogen) atoms. The SMILES string of the molecule is Fc1ccc(Br)cc1-c1nc(CN2CCNCC2)no1. The molecular formula is C13H14BrFN4O. The van der Waals surface area contributed by atoms with E-state index in [1.54, 1.807) is 12.1 Å². The van der Waals surface area contributed by atoms with Crippen LogP contribution < -0.4 is 5.32 Å². The fourth-order valence-corrected chi connectivity index (χ4v) is 2.52. The van der Waals surface area contributed by atoms with E-state index < -0.39 is 0 Å². The summed E-state index contributed by atoms with van der Waals surface area (Å²) in [6, 6.07) is 4.65. The molecule has 1 aliphatic rings. The lowest BCUT2D eigenvalue weighted by Crippen LogP contribution is -2.43. The molecule has 0 unspecified atom stereocenters. The van der Waals surface area contributed by atoms with Gasteiger partial charge in [-0.25, -0.2) is 4.39 Å². The van der Waals surface area contributed by atoms with Crippen molar-refractivity contribution in [2.75, 3.05) is 26.2 Å². The van der Waals surface area contributed by atoms with Crippen molar-refractivity contribution >= 4 is 15.9 Å². The summed E-state index contributed by atoms with van der Waals surface area (Å²) in [7, 11) is 0. The van der Waals surface area contributed by atoms with Crippen LogP contribution in [0.4, 0.5) is 4.39 Å². The molecule has 2 heterocycles. The first-order chi connectivity index (χ1) is 9.72. The zero-order chi connectivity index (χ0) is 13.9. The van der Waals surface area contributed by atoms with Crippen LogP contribution in [0.5, 0.6) is 0 Å². The predicted molar refractivity (Wildman–Crippen MR) is 75.5 cm³/mol. The first-order valence-electron chi connectivity index (χ1n) is 6.43. The van der Waals surface area contributed by atoms with Crippen molar-refractivity contribution in [3.05, 3.63) is 34.3 Å². The second-order valence-electron chi connectivity index (χ2n) is 4.67. The van der Waals surface area contributed by atoms with Gasteiger partial charge in [-0.2, -0.15) is 4.98 Å². The maximum absolute atomic E-state index is 13.8. The summed E-state index contributed by atoms with van der Waals surface area (Å²) in [6.45, 7) is 4.46. The predicted octanol–water partition coefficient (Wildman–Crippen LogP) is 2.04. The molecular weight excluding hydrogens is 327 g/mol. The fourth-order valence-electron chi connectivity index (χ4n) is 2.16. The van der Waals surface area contributed by atoms with Gasteiger partial charge in [0.05, 0.1) is 12.1 Å². The number of halogens is 2. The lowest BCUT2D eigenvalue weighted by molar-refractivity contribution is 0.225. The van der Waals surface area contributed by atoms with Crippen LogP contribution in [0.2, 0.25) is 0 Å². The van der Waals surface area contributed by atoms with Crippen molar-refractivity contribution in [2.45, 2.75) is 6.54 Å². The topological polar surface area (TPSA) is 54.2 Å². The van der Waals surface area contributed by atoms with Gasteiger partial charge in [0.25, 0.3) is 5.89 Å². The van der Waals surface area contributed by atoms with Gasteiger partial charge in [0.2, 0.25) is 0 Å². The average molecular weight is 341 g/mol. The summed E-state index contributed by atoms with van der Waals surface area (Å²) in [5.41, 5.74) is 0.318. The Morgan fingerprint density at radius 1 is 1.35 bits per heavy atom. The van der Waals surface area contributed by atoms with Gasteiger partial charge in [-0.3, -0.25) is 4.90 Å². The highest BCUT2D eigenvalue weighted by atomic mass is 79.9. The smallest absolute Gasteiger partial charge is 0.260 e. The van der Waals surface area contributed by atoms with Crippen molar-refractivity contribution in [2.24, 2.45) is 0 Å². The summed E-state index contributed by atoms with van der Waals surface area (Å²) in [5.74, 6) is 0.431. The molecule has 3 rings (SSSR count). The number of hydrogen-bond acceptors (Lipinski definition) is 5. The van der Waals surface area contributed by atoms with Crippen molar-refractivity contribution < 1.29 is 8.91 Å². The van der Waals surface area contributed by atoms with Crippen LogP contribution in [-0.4, -0.2) is 41.2 Å². The number of benzene rings is 1. The minimum absolute atomic E-state index is 0.217. The molecule has 1 N–H and O–H groups in total. The number of aromatic nitrogens is 2. The van der Waals surface area contributed by atoms with Crippen molar-refractivity contribution in [1.82, 2.24) is 20.4 Å². The van der Waals surface area contributed by atoms with E-state index in [0.29, 0.717) is 17.9 Å². The summed E-state index contributed by atoms with van der Waals surface area (Å²) in [5, 5.41) is 7.21. The van der Waals surface area contributed by atoms with E-state index in [0.717, 1.165) is 30.7 Å².